The molecule has 1 aromatic heterocycles. The van der Waals surface area contributed by atoms with Gasteiger partial charge in [0.25, 0.3) is 12.3 Å². The average molecular weight is 347 g/mol. The molecule has 0 saturated heterocycles. The van der Waals surface area contributed by atoms with Gasteiger partial charge in [-0.25, -0.2) is 17.9 Å². The van der Waals surface area contributed by atoms with Crippen molar-refractivity contribution in [2.45, 2.75) is 6.43 Å². The van der Waals surface area contributed by atoms with E-state index in [1.54, 1.807) is 12.1 Å². The number of halogens is 3. The zero-order chi connectivity index (χ0) is 17.8. The van der Waals surface area contributed by atoms with Crippen LogP contribution in [0.5, 0.6) is 0 Å². The fourth-order valence-electron chi connectivity index (χ4n) is 2.28. The number of hydrogen-bond donors (Lipinski definition) is 0. The average Bonchev–Trinajstić information content (AvgIpc) is 3.15. The molecule has 0 radical (unpaired) electrons. The van der Waals surface area contributed by atoms with Crippen LogP contribution in [0.3, 0.4) is 0 Å². The van der Waals surface area contributed by atoms with E-state index in [2.05, 4.69) is 15.5 Å². The van der Waals surface area contributed by atoms with Crippen LogP contribution >= 0.6 is 0 Å². The number of carbonyl (C=O) groups excluding carboxylic acids is 1. The highest BCUT2D eigenvalue weighted by atomic mass is 19.3. The molecule has 0 fully saturated rings. The molecule has 9 heteroatoms. The molecule has 128 valence electrons. The summed E-state index contributed by atoms with van der Waals surface area (Å²) in [5, 5.41) is 10.7. The van der Waals surface area contributed by atoms with Gasteiger partial charge in [0, 0.05) is 11.3 Å². The normalized spacial score (nSPS) is 10.9. The maximum absolute atomic E-state index is 13.1. The van der Waals surface area contributed by atoms with Crippen molar-refractivity contribution in [3.8, 4) is 5.69 Å². The van der Waals surface area contributed by atoms with Gasteiger partial charge in [-0.2, -0.15) is 0 Å². The quantitative estimate of drug-likeness (QED) is 0.712. The molecule has 0 aliphatic carbocycles. The van der Waals surface area contributed by atoms with E-state index < -0.39 is 24.7 Å². The lowest BCUT2D eigenvalue weighted by molar-refractivity contribution is 0.0945. The topological polar surface area (TPSA) is 63.9 Å². The zero-order valence-electron chi connectivity index (χ0n) is 12.8. The summed E-state index contributed by atoms with van der Waals surface area (Å²) < 4.78 is 40.3. The molecule has 0 unspecified atom stereocenters. The Kier molecular flexibility index (Phi) is 4.73. The first-order valence-electron chi connectivity index (χ1n) is 7.23. The standard InChI is InChI=1S/C16H12F3N5O/c17-12-4-6-13(7-5-12)23(9-15(18)19)16(25)11-2-1-3-14(8-11)24-10-20-21-22-24/h1-8,10,15H,9H2. The zero-order valence-corrected chi connectivity index (χ0v) is 12.8. The first-order chi connectivity index (χ1) is 12.0. The van der Waals surface area contributed by atoms with E-state index in [4.69, 9.17) is 0 Å². The van der Waals surface area contributed by atoms with Crippen LogP contribution in [-0.2, 0) is 0 Å². The van der Waals surface area contributed by atoms with Gasteiger partial charge in [0.15, 0.2) is 0 Å². The molecular formula is C16H12F3N5O. The first-order valence-corrected chi connectivity index (χ1v) is 7.23. The van der Waals surface area contributed by atoms with Crippen LogP contribution in [0.2, 0.25) is 0 Å². The highest BCUT2D eigenvalue weighted by Gasteiger charge is 2.22. The minimum Gasteiger partial charge on any atom is -0.303 e. The number of aromatic nitrogens is 4. The second kappa shape index (κ2) is 7.12. The summed E-state index contributed by atoms with van der Waals surface area (Å²) in [7, 11) is 0. The third-order valence-corrected chi connectivity index (χ3v) is 3.41. The Balaban J connectivity index is 1.94. The number of benzene rings is 2. The number of carbonyl (C=O) groups is 1. The summed E-state index contributed by atoms with van der Waals surface area (Å²) in [6.07, 6.45) is -1.39. The number of alkyl halides is 2. The maximum atomic E-state index is 13.1. The third-order valence-electron chi connectivity index (χ3n) is 3.41. The van der Waals surface area contributed by atoms with E-state index in [-0.39, 0.29) is 11.3 Å². The molecule has 0 aliphatic rings. The van der Waals surface area contributed by atoms with Gasteiger partial charge in [-0.3, -0.25) is 4.79 Å². The number of tetrazole rings is 1. The van der Waals surface area contributed by atoms with Gasteiger partial charge in [0.05, 0.1) is 12.2 Å². The van der Waals surface area contributed by atoms with Gasteiger partial charge in [-0.05, 0) is 52.9 Å². The fraction of sp³-hybridized carbons (Fsp3) is 0.125. The Labute approximate surface area is 140 Å². The Morgan fingerprint density at radius 2 is 1.92 bits per heavy atom. The van der Waals surface area contributed by atoms with Crippen molar-refractivity contribution in [2.75, 3.05) is 11.4 Å². The van der Waals surface area contributed by atoms with Gasteiger partial charge in [-0.1, -0.05) is 6.07 Å². The third kappa shape index (κ3) is 3.82. The summed E-state index contributed by atoms with van der Waals surface area (Å²) >= 11 is 0. The lowest BCUT2D eigenvalue weighted by Crippen LogP contribution is -2.35. The number of nitrogens with zero attached hydrogens (tertiary/aromatic N) is 5. The lowest BCUT2D eigenvalue weighted by atomic mass is 10.1. The minimum absolute atomic E-state index is 0.179. The summed E-state index contributed by atoms with van der Waals surface area (Å²) in [6.45, 7) is -0.806. The predicted molar refractivity (Wildman–Crippen MR) is 83.2 cm³/mol. The maximum Gasteiger partial charge on any atom is 0.258 e. The lowest BCUT2D eigenvalue weighted by Gasteiger charge is -2.22. The highest BCUT2D eigenvalue weighted by molar-refractivity contribution is 6.06. The van der Waals surface area contributed by atoms with Gasteiger partial charge in [0.2, 0.25) is 0 Å². The van der Waals surface area contributed by atoms with Crippen LogP contribution in [0, 0.1) is 5.82 Å². The Hall–Kier alpha value is -3.23. The molecule has 1 heterocycles. The SMILES string of the molecule is O=C(c1cccc(-n2cnnn2)c1)N(CC(F)F)c1ccc(F)cc1. The van der Waals surface area contributed by atoms with Crippen molar-refractivity contribution in [1.29, 1.82) is 0 Å². The molecular weight excluding hydrogens is 335 g/mol. The molecule has 0 atom stereocenters. The van der Waals surface area contributed by atoms with Crippen LogP contribution in [-0.4, -0.2) is 39.1 Å². The van der Waals surface area contributed by atoms with Crippen molar-refractivity contribution in [3.05, 3.63) is 66.2 Å². The van der Waals surface area contributed by atoms with Crippen LogP contribution in [0.1, 0.15) is 10.4 Å². The van der Waals surface area contributed by atoms with Crippen molar-refractivity contribution in [3.63, 3.8) is 0 Å². The molecule has 2 aromatic carbocycles. The monoisotopic (exact) mass is 347 g/mol. The molecule has 3 aromatic rings. The van der Waals surface area contributed by atoms with Gasteiger partial charge < -0.3 is 4.90 Å². The van der Waals surface area contributed by atoms with Crippen molar-refractivity contribution >= 4 is 11.6 Å². The largest absolute Gasteiger partial charge is 0.303 e. The van der Waals surface area contributed by atoms with E-state index in [9.17, 15) is 18.0 Å². The smallest absolute Gasteiger partial charge is 0.258 e. The van der Waals surface area contributed by atoms with Gasteiger partial charge in [-0.15, -0.1) is 5.10 Å². The number of anilines is 1. The number of amides is 1. The molecule has 0 aliphatic heterocycles. The van der Waals surface area contributed by atoms with Crippen molar-refractivity contribution in [1.82, 2.24) is 20.2 Å². The van der Waals surface area contributed by atoms with E-state index in [0.29, 0.717) is 5.69 Å². The fourth-order valence-corrected chi connectivity index (χ4v) is 2.28. The molecule has 6 nitrogen and oxygen atoms in total. The Bertz CT molecular complexity index is 852. The van der Waals surface area contributed by atoms with E-state index in [1.165, 1.54) is 35.3 Å². The second-order valence-electron chi connectivity index (χ2n) is 5.09. The Morgan fingerprint density at radius 1 is 1.16 bits per heavy atom. The number of rotatable bonds is 5. The van der Waals surface area contributed by atoms with Crippen molar-refractivity contribution < 1.29 is 18.0 Å². The van der Waals surface area contributed by atoms with Crippen LogP contribution < -0.4 is 4.90 Å². The summed E-state index contributed by atoms with van der Waals surface area (Å²) in [5.74, 6) is -1.16. The molecule has 0 spiro atoms. The molecule has 25 heavy (non-hydrogen) atoms. The minimum atomic E-state index is -2.74. The summed E-state index contributed by atoms with van der Waals surface area (Å²) in [4.78, 5) is 13.6. The van der Waals surface area contributed by atoms with E-state index in [1.807, 2.05) is 0 Å². The molecule has 3 rings (SSSR count). The van der Waals surface area contributed by atoms with Gasteiger partial charge >= 0.3 is 0 Å². The van der Waals surface area contributed by atoms with E-state index in [0.717, 1.165) is 17.0 Å². The molecule has 0 bridgehead atoms. The molecule has 0 N–H and O–H groups in total. The van der Waals surface area contributed by atoms with Crippen LogP contribution in [0.25, 0.3) is 5.69 Å². The highest BCUT2D eigenvalue weighted by Crippen LogP contribution is 2.20. The van der Waals surface area contributed by atoms with Crippen LogP contribution in [0.4, 0.5) is 18.9 Å². The van der Waals surface area contributed by atoms with E-state index >= 15 is 0 Å². The molecule has 1 amide bonds. The number of hydrogen-bond acceptors (Lipinski definition) is 4. The second-order valence-corrected chi connectivity index (χ2v) is 5.09. The van der Waals surface area contributed by atoms with Crippen molar-refractivity contribution in [2.24, 2.45) is 0 Å². The predicted octanol–water partition coefficient (Wildman–Crippen LogP) is 2.71. The van der Waals surface area contributed by atoms with Gasteiger partial charge in [0.1, 0.15) is 12.1 Å². The molecule has 0 saturated carbocycles. The Morgan fingerprint density at radius 3 is 2.56 bits per heavy atom. The summed E-state index contributed by atoms with van der Waals surface area (Å²) in [6, 6.07) is 11.0. The first kappa shape index (κ1) is 16.6. The van der Waals surface area contributed by atoms with Crippen LogP contribution in [0.15, 0.2) is 54.9 Å². The summed E-state index contributed by atoms with van der Waals surface area (Å²) in [5.41, 5.74) is 0.865.